The van der Waals surface area contributed by atoms with Crippen LogP contribution in [0.2, 0.25) is 15.1 Å². The van der Waals surface area contributed by atoms with Crippen LogP contribution in [0.5, 0.6) is 5.75 Å². The molecule has 1 aromatic rings. The molecular weight excluding hydrogens is 244 g/mol. The Kier molecular flexibility index (Phi) is 4.05. The van der Waals surface area contributed by atoms with Gasteiger partial charge in [0, 0.05) is 6.07 Å². The topological polar surface area (TPSA) is 21.6 Å². The molecule has 0 heterocycles. The minimum Gasteiger partial charge on any atom is -0.355 e. The quantitative estimate of drug-likeness (QED) is 0.434. The molecule has 1 rings (SSSR count). The molecule has 0 fully saturated rings. The van der Waals surface area contributed by atoms with Crippen LogP contribution < -0.4 is 4.84 Å². The first-order chi connectivity index (χ1) is 6.50. The van der Waals surface area contributed by atoms with Gasteiger partial charge in [0.1, 0.15) is 0 Å². The van der Waals surface area contributed by atoms with Gasteiger partial charge in [0.2, 0.25) is 0 Å². The lowest BCUT2D eigenvalue weighted by molar-refractivity contribution is 0.341. The SMILES string of the molecule is CC(C)=NOc1cc(Cl)c(Cl)cc1Cl. The summed E-state index contributed by atoms with van der Waals surface area (Å²) in [5.41, 5.74) is 0.784. The summed E-state index contributed by atoms with van der Waals surface area (Å²) >= 11 is 17.4. The molecule has 0 radical (unpaired) electrons. The number of hydrogen-bond donors (Lipinski definition) is 0. The van der Waals surface area contributed by atoms with Crippen LogP contribution in [0.25, 0.3) is 0 Å². The molecule has 0 unspecified atom stereocenters. The Hall–Kier alpha value is -0.440. The maximum absolute atomic E-state index is 5.85. The first kappa shape index (κ1) is 11.6. The van der Waals surface area contributed by atoms with Crippen LogP contribution in [0.1, 0.15) is 13.8 Å². The van der Waals surface area contributed by atoms with Crippen LogP contribution in [-0.4, -0.2) is 5.71 Å². The van der Waals surface area contributed by atoms with E-state index in [4.69, 9.17) is 39.6 Å². The lowest BCUT2D eigenvalue weighted by Gasteiger charge is -2.03. The Morgan fingerprint density at radius 2 is 1.64 bits per heavy atom. The second kappa shape index (κ2) is 4.87. The van der Waals surface area contributed by atoms with E-state index in [1.54, 1.807) is 0 Å². The smallest absolute Gasteiger partial charge is 0.178 e. The van der Waals surface area contributed by atoms with E-state index in [9.17, 15) is 0 Å². The van der Waals surface area contributed by atoms with Gasteiger partial charge in [0.15, 0.2) is 5.75 Å². The molecule has 0 saturated carbocycles. The van der Waals surface area contributed by atoms with Gasteiger partial charge in [-0.1, -0.05) is 40.0 Å². The second-order valence-corrected chi connectivity index (χ2v) is 4.05. The molecule has 1 aromatic carbocycles. The molecule has 76 valence electrons. The summed E-state index contributed by atoms with van der Waals surface area (Å²) in [4.78, 5) is 5.05. The zero-order chi connectivity index (χ0) is 10.7. The third-order valence-corrected chi connectivity index (χ3v) is 2.32. The Balaban J connectivity index is 2.98. The summed E-state index contributed by atoms with van der Waals surface area (Å²) in [5.74, 6) is 0.391. The van der Waals surface area contributed by atoms with Crippen molar-refractivity contribution in [2.45, 2.75) is 13.8 Å². The average molecular weight is 253 g/mol. The number of halogens is 3. The third kappa shape index (κ3) is 3.05. The van der Waals surface area contributed by atoms with Gasteiger partial charge in [-0.2, -0.15) is 0 Å². The summed E-state index contributed by atoms with van der Waals surface area (Å²) in [5, 5.41) is 4.91. The van der Waals surface area contributed by atoms with E-state index >= 15 is 0 Å². The zero-order valence-electron chi connectivity index (χ0n) is 7.64. The van der Waals surface area contributed by atoms with E-state index < -0.39 is 0 Å². The molecule has 14 heavy (non-hydrogen) atoms. The van der Waals surface area contributed by atoms with Gasteiger partial charge in [0.05, 0.1) is 20.8 Å². The number of nitrogens with zero attached hydrogens (tertiary/aromatic N) is 1. The Morgan fingerprint density at radius 1 is 1.07 bits per heavy atom. The van der Waals surface area contributed by atoms with E-state index in [1.165, 1.54) is 12.1 Å². The fraction of sp³-hybridized carbons (Fsp3) is 0.222. The molecule has 0 aliphatic heterocycles. The molecule has 0 aliphatic carbocycles. The van der Waals surface area contributed by atoms with Crippen LogP contribution in [0.3, 0.4) is 0 Å². The fourth-order valence-corrected chi connectivity index (χ4v) is 1.29. The van der Waals surface area contributed by atoms with Crippen molar-refractivity contribution in [2.24, 2.45) is 5.16 Å². The van der Waals surface area contributed by atoms with E-state index in [1.807, 2.05) is 13.8 Å². The second-order valence-electron chi connectivity index (χ2n) is 2.83. The summed E-state index contributed by atoms with van der Waals surface area (Å²) in [6, 6.07) is 3.04. The molecule has 0 amide bonds. The Morgan fingerprint density at radius 3 is 2.21 bits per heavy atom. The Labute approximate surface area is 97.4 Å². The molecule has 0 aromatic heterocycles. The molecule has 2 nitrogen and oxygen atoms in total. The number of benzene rings is 1. The maximum Gasteiger partial charge on any atom is 0.178 e. The fourth-order valence-electron chi connectivity index (χ4n) is 0.715. The largest absolute Gasteiger partial charge is 0.355 e. The van der Waals surface area contributed by atoms with Gasteiger partial charge >= 0.3 is 0 Å². The van der Waals surface area contributed by atoms with Crippen LogP contribution in [0.4, 0.5) is 0 Å². The molecule has 0 atom stereocenters. The lowest BCUT2D eigenvalue weighted by Crippen LogP contribution is -1.89. The Bertz CT molecular complexity index is 373. The van der Waals surface area contributed by atoms with Crippen molar-refractivity contribution in [2.75, 3.05) is 0 Å². The highest BCUT2D eigenvalue weighted by molar-refractivity contribution is 6.43. The monoisotopic (exact) mass is 251 g/mol. The summed E-state index contributed by atoms with van der Waals surface area (Å²) < 4.78 is 0. The van der Waals surface area contributed by atoms with Crippen LogP contribution in [0.15, 0.2) is 17.3 Å². The van der Waals surface area contributed by atoms with Crippen molar-refractivity contribution in [3.63, 3.8) is 0 Å². The summed E-state index contributed by atoms with van der Waals surface area (Å²) in [6.07, 6.45) is 0. The first-order valence-corrected chi connectivity index (χ1v) is 4.97. The number of hydrogen-bond acceptors (Lipinski definition) is 2. The van der Waals surface area contributed by atoms with Gasteiger partial charge in [-0.3, -0.25) is 0 Å². The van der Waals surface area contributed by atoms with E-state index in [0.29, 0.717) is 20.8 Å². The number of oxime groups is 1. The molecule has 0 aliphatic rings. The highest BCUT2D eigenvalue weighted by Gasteiger charge is 2.06. The van der Waals surface area contributed by atoms with Crippen molar-refractivity contribution in [3.05, 3.63) is 27.2 Å². The normalized spacial score (nSPS) is 9.79. The van der Waals surface area contributed by atoms with Gasteiger partial charge < -0.3 is 4.84 Å². The predicted octanol–water partition coefficient (Wildman–Crippen LogP) is 4.42. The van der Waals surface area contributed by atoms with Gasteiger partial charge in [-0.15, -0.1) is 0 Å². The van der Waals surface area contributed by atoms with Gasteiger partial charge in [-0.05, 0) is 19.9 Å². The summed E-state index contributed by atoms with van der Waals surface area (Å²) in [6.45, 7) is 3.62. The van der Waals surface area contributed by atoms with Crippen molar-refractivity contribution in [3.8, 4) is 5.75 Å². The van der Waals surface area contributed by atoms with Crippen molar-refractivity contribution < 1.29 is 4.84 Å². The summed E-state index contributed by atoms with van der Waals surface area (Å²) in [7, 11) is 0. The van der Waals surface area contributed by atoms with E-state index in [0.717, 1.165) is 5.71 Å². The maximum atomic E-state index is 5.85. The van der Waals surface area contributed by atoms with Crippen LogP contribution >= 0.6 is 34.8 Å². The van der Waals surface area contributed by atoms with Crippen LogP contribution in [-0.2, 0) is 0 Å². The minimum atomic E-state index is 0.379. The molecule has 0 N–H and O–H groups in total. The average Bonchev–Trinajstić information content (AvgIpc) is 2.09. The third-order valence-electron chi connectivity index (χ3n) is 1.30. The predicted molar refractivity (Wildman–Crippen MR) is 60.9 cm³/mol. The van der Waals surface area contributed by atoms with Crippen molar-refractivity contribution >= 4 is 40.5 Å². The number of rotatable bonds is 2. The zero-order valence-corrected chi connectivity index (χ0v) is 9.91. The molecule has 0 spiro atoms. The lowest BCUT2D eigenvalue weighted by atomic mass is 10.3. The molecular formula is C9H8Cl3NO. The molecule has 5 heteroatoms. The van der Waals surface area contributed by atoms with Crippen molar-refractivity contribution in [1.29, 1.82) is 0 Å². The first-order valence-electron chi connectivity index (χ1n) is 3.83. The van der Waals surface area contributed by atoms with E-state index in [-0.39, 0.29) is 0 Å². The molecule has 0 bridgehead atoms. The highest BCUT2D eigenvalue weighted by Crippen LogP contribution is 2.33. The van der Waals surface area contributed by atoms with Crippen molar-refractivity contribution in [1.82, 2.24) is 0 Å². The van der Waals surface area contributed by atoms with Gasteiger partial charge in [0.25, 0.3) is 0 Å². The minimum absolute atomic E-state index is 0.379. The van der Waals surface area contributed by atoms with Gasteiger partial charge in [-0.25, -0.2) is 0 Å². The molecule has 0 saturated heterocycles. The standard InChI is InChI=1S/C9H8Cl3NO/c1-5(2)13-14-9-4-7(11)6(10)3-8(9)12/h3-4H,1-2H3. The van der Waals surface area contributed by atoms with Crippen LogP contribution in [0, 0.1) is 0 Å². The highest BCUT2D eigenvalue weighted by atomic mass is 35.5. The van der Waals surface area contributed by atoms with E-state index in [2.05, 4.69) is 5.16 Å².